The van der Waals surface area contributed by atoms with Gasteiger partial charge in [0.1, 0.15) is 12.1 Å². The van der Waals surface area contributed by atoms with Crippen LogP contribution in [-0.2, 0) is 0 Å². The highest BCUT2D eigenvalue weighted by Gasteiger charge is 2.39. The Bertz CT molecular complexity index is 2190. The molecule has 5 rings (SSSR count). The van der Waals surface area contributed by atoms with Gasteiger partial charge in [0, 0.05) is 17.3 Å². The SMILES string of the molecule is [C-]#[N+]C1=C(c2cnc([N+]#[C-])nc2F)/C(=C(/C#N)[N+]#[C-])c2cc3c(cc21)C(C#N)=C(c1cnc(C#N)nc1F)/C3=C(\C#N)[N+]#[C-]. The van der Waals surface area contributed by atoms with Gasteiger partial charge in [0.05, 0.1) is 54.8 Å². The van der Waals surface area contributed by atoms with Crippen molar-refractivity contribution in [2.45, 2.75) is 0 Å². The van der Waals surface area contributed by atoms with Crippen molar-refractivity contribution in [3.8, 4) is 24.3 Å². The number of allylic oxidation sites excluding steroid dienone is 7. The van der Waals surface area contributed by atoms with Gasteiger partial charge >= 0.3 is 5.95 Å². The van der Waals surface area contributed by atoms with Crippen LogP contribution < -0.4 is 0 Å². The van der Waals surface area contributed by atoms with Crippen molar-refractivity contribution in [2.75, 3.05) is 0 Å². The first-order chi connectivity index (χ1) is 21.3. The van der Waals surface area contributed by atoms with Crippen LogP contribution in [0.2, 0.25) is 0 Å². The molecule has 0 saturated heterocycles. The minimum atomic E-state index is -1.21. The third kappa shape index (κ3) is 3.89. The van der Waals surface area contributed by atoms with Crippen LogP contribution in [-0.4, -0.2) is 19.9 Å². The van der Waals surface area contributed by atoms with E-state index in [-0.39, 0.29) is 61.4 Å². The zero-order chi connectivity index (χ0) is 31.7. The van der Waals surface area contributed by atoms with Gasteiger partial charge in [0.2, 0.25) is 17.5 Å². The van der Waals surface area contributed by atoms with Gasteiger partial charge in [-0.25, -0.2) is 30.0 Å². The molecule has 0 amide bonds. The standard InChI is InChI=1S/C30H4F2N12/c1-37-20(8-34)24-14-6-15-16(5-13(14)17(7-33)23(24)18-11-41-22(10-36)43-28(18)31)27(39-3)26(25(15)21(9-35)38-2)19-12-42-30(40-4)44-29(19)32/h5-6,11-12H/b24-20+,25-21-. The molecule has 0 bridgehead atoms. The fourth-order valence-electron chi connectivity index (χ4n) is 4.88. The van der Waals surface area contributed by atoms with Crippen LogP contribution >= 0.6 is 0 Å². The third-order valence-electron chi connectivity index (χ3n) is 6.55. The summed E-state index contributed by atoms with van der Waals surface area (Å²) in [6, 6.07) is 9.61. The highest BCUT2D eigenvalue weighted by molar-refractivity contribution is 6.29. The summed E-state index contributed by atoms with van der Waals surface area (Å²) in [7, 11) is 0. The maximum absolute atomic E-state index is 15.2. The molecule has 0 N–H and O–H groups in total. The maximum Gasteiger partial charge on any atom is 0.374 e. The first-order valence-corrected chi connectivity index (χ1v) is 11.7. The molecule has 12 nitrogen and oxygen atoms in total. The minimum Gasteiger partial charge on any atom is -0.394 e. The van der Waals surface area contributed by atoms with Gasteiger partial charge in [-0.05, 0) is 39.5 Å². The van der Waals surface area contributed by atoms with Crippen LogP contribution in [0.3, 0.4) is 0 Å². The zero-order valence-corrected chi connectivity index (χ0v) is 21.4. The lowest BCUT2D eigenvalue weighted by Gasteiger charge is -2.12. The zero-order valence-electron chi connectivity index (χ0n) is 21.4. The molecule has 0 aliphatic heterocycles. The summed E-state index contributed by atoms with van der Waals surface area (Å²) in [4.78, 5) is 27.5. The lowest BCUT2D eigenvalue weighted by atomic mass is 9.91. The molecule has 2 aliphatic carbocycles. The number of rotatable bonds is 2. The van der Waals surface area contributed by atoms with E-state index >= 15 is 8.78 Å². The van der Waals surface area contributed by atoms with E-state index in [9.17, 15) is 15.8 Å². The number of nitriles is 4. The summed E-state index contributed by atoms with van der Waals surface area (Å²) in [6.07, 6.45) is 1.88. The Kier molecular flexibility index (Phi) is 6.66. The van der Waals surface area contributed by atoms with Crippen LogP contribution in [0.25, 0.3) is 52.9 Å². The fraction of sp³-hybridized carbons (Fsp3) is 0. The molecule has 0 saturated carbocycles. The molecule has 0 unspecified atom stereocenters. The Hall–Kier alpha value is -7.88. The number of hydrogen-bond acceptors (Lipinski definition) is 8. The van der Waals surface area contributed by atoms with E-state index in [1.165, 1.54) is 12.1 Å². The van der Waals surface area contributed by atoms with E-state index in [1.807, 2.05) is 6.07 Å². The molecule has 198 valence electrons. The summed E-state index contributed by atoms with van der Waals surface area (Å²) in [5, 5.41) is 38.9. The van der Waals surface area contributed by atoms with Crippen molar-refractivity contribution >= 4 is 39.5 Å². The van der Waals surface area contributed by atoms with Gasteiger partial charge in [0.15, 0.2) is 0 Å². The summed E-state index contributed by atoms with van der Waals surface area (Å²) < 4.78 is 30.4. The number of fused-ring (bicyclic) bond motifs is 2. The average molecular weight is 570 g/mol. The molecule has 0 atom stereocenters. The molecule has 1 aromatic carbocycles. The maximum atomic E-state index is 15.2. The van der Waals surface area contributed by atoms with E-state index in [0.717, 1.165) is 12.4 Å². The molecule has 0 radical (unpaired) electrons. The second-order valence-corrected chi connectivity index (χ2v) is 8.53. The minimum absolute atomic E-state index is 0.0389. The van der Waals surface area contributed by atoms with Gasteiger partial charge in [-0.1, -0.05) is 6.07 Å². The molecule has 3 aromatic rings. The second kappa shape index (κ2) is 10.6. The highest BCUT2D eigenvalue weighted by atomic mass is 19.1. The fourth-order valence-corrected chi connectivity index (χ4v) is 4.88. The topological polar surface area (TPSA) is 164 Å². The van der Waals surface area contributed by atoms with E-state index in [2.05, 4.69) is 39.3 Å². The van der Waals surface area contributed by atoms with E-state index in [0.29, 0.717) is 0 Å². The molecular formula is C30H4F2N12. The monoisotopic (exact) mass is 570 g/mol. The van der Waals surface area contributed by atoms with Crippen molar-refractivity contribution in [3.63, 3.8) is 0 Å². The molecule has 14 heteroatoms. The molecule has 0 fully saturated rings. The largest absolute Gasteiger partial charge is 0.394 e. The van der Waals surface area contributed by atoms with Crippen molar-refractivity contribution in [1.29, 1.82) is 21.0 Å². The van der Waals surface area contributed by atoms with Crippen LogP contribution in [0.1, 0.15) is 39.2 Å². The second-order valence-electron chi connectivity index (χ2n) is 8.53. The first kappa shape index (κ1) is 27.7. The lowest BCUT2D eigenvalue weighted by molar-refractivity contribution is 0.573. The summed E-state index contributed by atoms with van der Waals surface area (Å²) in [6.45, 7) is 30.1. The first-order valence-electron chi connectivity index (χ1n) is 11.7. The van der Waals surface area contributed by atoms with E-state index in [1.54, 1.807) is 18.2 Å². The van der Waals surface area contributed by atoms with Crippen LogP contribution in [0.15, 0.2) is 35.9 Å². The van der Waals surface area contributed by atoms with Crippen LogP contribution in [0.5, 0.6) is 0 Å². The molecule has 2 aliphatic rings. The Labute approximate surface area is 246 Å². The smallest absolute Gasteiger partial charge is 0.374 e. The van der Waals surface area contributed by atoms with Gasteiger partial charge < -0.3 is 4.85 Å². The van der Waals surface area contributed by atoms with Gasteiger partial charge in [-0.3, -0.25) is 0 Å². The summed E-state index contributed by atoms with van der Waals surface area (Å²) in [5.74, 6) is -3.43. The van der Waals surface area contributed by atoms with Crippen molar-refractivity contribution in [3.05, 3.63) is 133 Å². The average Bonchev–Trinajstić information content (AvgIpc) is 3.52. The Morgan fingerprint density at radius 1 is 0.659 bits per heavy atom. The molecule has 0 spiro atoms. The van der Waals surface area contributed by atoms with Crippen molar-refractivity contribution in [1.82, 2.24) is 19.9 Å². The van der Waals surface area contributed by atoms with Gasteiger partial charge in [0.25, 0.3) is 17.3 Å². The molecule has 2 heterocycles. The lowest BCUT2D eigenvalue weighted by Crippen LogP contribution is -2.00. The molecule has 2 aromatic heterocycles. The number of aromatic nitrogens is 4. The van der Waals surface area contributed by atoms with Crippen molar-refractivity contribution < 1.29 is 8.78 Å². The van der Waals surface area contributed by atoms with E-state index < -0.39 is 40.6 Å². The third-order valence-corrected chi connectivity index (χ3v) is 6.55. The predicted molar refractivity (Wildman–Crippen MR) is 146 cm³/mol. The van der Waals surface area contributed by atoms with Crippen molar-refractivity contribution in [2.24, 2.45) is 0 Å². The number of nitrogens with zero attached hydrogens (tertiary/aromatic N) is 12. The Balaban J connectivity index is 1.94. The summed E-state index contributed by atoms with van der Waals surface area (Å²) in [5.41, 5.74) is -2.99. The van der Waals surface area contributed by atoms with E-state index in [4.69, 9.17) is 31.6 Å². The number of hydrogen-bond donors (Lipinski definition) is 0. The quantitative estimate of drug-likeness (QED) is 0.221. The predicted octanol–water partition coefficient (Wildman–Crippen LogP) is 5.52. The van der Waals surface area contributed by atoms with Gasteiger partial charge in [-0.15, -0.1) is 11.6 Å². The Morgan fingerprint density at radius 2 is 1.23 bits per heavy atom. The van der Waals surface area contributed by atoms with Gasteiger partial charge in [-0.2, -0.15) is 29.3 Å². The highest BCUT2D eigenvalue weighted by Crippen LogP contribution is 2.55. The normalized spacial score (nSPS) is 14.8. The van der Waals surface area contributed by atoms with Crippen LogP contribution in [0.4, 0.5) is 14.7 Å². The summed E-state index contributed by atoms with van der Waals surface area (Å²) >= 11 is 0. The number of benzene rings is 1. The molecule has 44 heavy (non-hydrogen) atoms. The van der Waals surface area contributed by atoms with Crippen LogP contribution in [0, 0.1) is 83.5 Å². The number of halogens is 2. The Morgan fingerprint density at radius 3 is 1.75 bits per heavy atom. The molecular weight excluding hydrogens is 566 g/mol.